The lowest BCUT2D eigenvalue weighted by molar-refractivity contribution is 0.0822. The number of ether oxygens (including phenoxy) is 1. The maximum absolute atomic E-state index is 12.1. The Bertz CT molecular complexity index is 870. The number of sulfonamides is 1. The van der Waals surface area contributed by atoms with E-state index in [9.17, 15) is 13.2 Å². The smallest absolute Gasteiger partial charge is 0.316 e. The molecule has 1 aliphatic rings. The largest absolute Gasteiger partial charge is 0.376 e. The van der Waals surface area contributed by atoms with Crippen molar-refractivity contribution in [1.29, 1.82) is 0 Å². The lowest BCUT2D eigenvalue weighted by atomic mass is 10.2. The Kier molecular flexibility index (Phi) is 5.35. The van der Waals surface area contributed by atoms with Gasteiger partial charge in [-0.2, -0.15) is 4.98 Å². The van der Waals surface area contributed by atoms with Gasteiger partial charge in [0.05, 0.1) is 11.0 Å². The third kappa shape index (κ3) is 3.92. The summed E-state index contributed by atoms with van der Waals surface area (Å²) in [5.41, 5.74) is 0.546. The minimum Gasteiger partial charge on any atom is -0.376 e. The van der Waals surface area contributed by atoms with Crippen molar-refractivity contribution in [2.45, 2.75) is 23.8 Å². The number of carbonyl (C=O) groups is 1. The van der Waals surface area contributed by atoms with Gasteiger partial charge in [0, 0.05) is 32.8 Å². The van der Waals surface area contributed by atoms with Crippen molar-refractivity contribution in [3.8, 4) is 11.4 Å². The summed E-state index contributed by atoms with van der Waals surface area (Å²) in [5.74, 6) is -0.407. The number of benzene rings is 1. The normalized spacial score (nSPS) is 17.6. The molecule has 0 radical (unpaired) electrons. The highest BCUT2D eigenvalue weighted by molar-refractivity contribution is 7.89. The maximum atomic E-state index is 12.1. The summed E-state index contributed by atoms with van der Waals surface area (Å²) in [4.78, 5) is 16.3. The van der Waals surface area contributed by atoms with E-state index in [1.165, 1.54) is 26.2 Å². The van der Waals surface area contributed by atoms with Crippen LogP contribution in [0.1, 0.15) is 23.5 Å². The molecule has 1 unspecified atom stereocenters. The first-order chi connectivity index (χ1) is 12.4. The minimum absolute atomic E-state index is 0.0209. The second-order valence-corrected chi connectivity index (χ2v) is 8.23. The molecule has 10 heteroatoms. The standard InChI is InChI=1S/C16H20N4O5S/c1-20(2)26(22,23)13-7-5-11(6-8-13)14-18-16(25-19-14)15(21)17-10-12-4-3-9-24-12/h5-8,12H,3-4,9-10H2,1-2H3,(H,17,21). The third-order valence-electron chi connectivity index (χ3n) is 4.03. The molecule has 0 bridgehead atoms. The average Bonchev–Trinajstić information content (AvgIpc) is 3.31. The van der Waals surface area contributed by atoms with E-state index < -0.39 is 15.9 Å². The highest BCUT2D eigenvalue weighted by Gasteiger charge is 2.21. The quantitative estimate of drug-likeness (QED) is 0.791. The lowest BCUT2D eigenvalue weighted by Crippen LogP contribution is -2.31. The first kappa shape index (κ1) is 18.5. The zero-order valence-electron chi connectivity index (χ0n) is 14.5. The van der Waals surface area contributed by atoms with E-state index in [2.05, 4.69) is 15.5 Å². The van der Waals surface area contributed by atoms with Crippen LogP contribution >= 0.6 is 0 Å². The molecule has 0 spiro atoms. The van der Waals surface area contributed by atoms with E-state index in [-0.39, 0.29) is 22.7 Å². The number of hydrogen-bond acceptors (Lipinski definition) is 7. The number of amides is 1. The highest BCUT2D eigenvalue weighted by atomic mass is 32.2. The fraction of sp³-hybridized carbons (Fsp3) is 0.438. The minimum atomic E-state index is -3.51. The molecule has 2 heterocycles. The summed E-state index contributed by atoms with van der Waals surface area (Å²) in [6.45, 7) is 1.11. The van der Waals surface area contributed by atoms with Crippen LogP contribution in [-0.2, 0) is 14.8 Å². The van der Waals surface area contributed by atoms with Gasteiger partial charge < -0.3 is 14.6 Å². The zero-order valence-corrected chi connectivity index (χ0v) is 15.3. The highest BCUT2D eigenvalue weighted by Crippen LogP contribution is 2.20. The Balaban J connectivity index is 1.68. The Morgan fingerprint density at radius 2 is 2.04 bits per heavy atom. The summed E-state index contributed by atoms with van der Waals surface area (Å²) < 4.78 is 35.7. The Labute approximate surface area is 151 Å². The van der Waals surface area contributed by atoms with Gasteiger partial charge in [0.25, 0.3) is 0 Å². The van der Waals surface area contributed by atoms with Crippen LogP contribution in [0.25, 0.3) is 11.4 Å². The van der Waals surface area contributed by atoms with Crippen molar-refractivity contribution in [3.63, 3.8) is 0 Å². The molecule has 1 aliphatic heterocycles. The van der Waals surface area contributed by atoms with Gasteiger partial charge in [0.15, 0.2) is 0 Å². The van der Waals surface area contributed by atoms with E-state index in [1.807, 2.05) is 0 Å². The molecule has 1 amide bonds. The number of rotatable bonds is 6. The molecule has 0 aliphatic carbocycles. The first-order valence-corrected chi connectivity index (χ1v) is 9.58. The number of nitrogens with zero attached hydrogens (tertiary/aromatic N) is 3. The van der Waals surface area contributed by atoms with Gasteiger partial charge in [-0.25, -0.2) is 12.7 Å². The summed E-state index contributed by atoms with van der Waals surface area (Å²) in [5, 5.41) is 6.48. The third-order valence-corrected chi connectivity index (χ3v) is 5.85. The lowest BCUT2D eigenvalue weighted by Gasteiger charge is -2.11. The molecular formula is C16H20N4O5S. The van der Waals surface area contributed by atoms with Crippen LogP contribution in [0.4, 0.5) is 0 Å². The second kappa shape index (κ2) is 7.52. The molecule has 1 aromatic carbocycles. The van der Waals surface area contributed by atoms with Gasteiger partial charge >= 0.3 is 11.8 Å². The summed E-state index contributed by atoms with van der Waals surface area (Å²) in [6, 6.07) is 6.04. The van der Waals surface area contributed by atoms with Crippen molar-refractivity contribution >= 4 is 15.9 Å². The molecule has 1 N–H and O–H groups in total. The van der Waals surface area contributed by atoms with E-state index in [4.69, 9.17) is 9.26 Å². The van der Waals surface area contributed by atoms with Crippen LogP contribution in [0.5, 0.6) is 0 Å². The van der Waals surface area contributed by atoms with Crippen molar-refractivity contribution < 1.29 is 22.5 Å². The SMILES string of the molecule is CN(C)S(=O)(=O)c1ccc(-c2noc(C(=O)NCC3CCCO3)n2)cc1. The van der Waals surface area contributed by atoms with Crippen molar-refractivity contribution in [2.75, 3.05) is 27.2 Å². The molecular weight excluding hydrogens is 360 g/mol. The van der Waals surface area contributed by atoms with Crippen LogP contribution in [-0.4, -0.2) is 62.1 Å². The Morgan fingerprint density at radius 3 is 2.65 bits per heavy atom. The molecule has 1 fully saturated rings. The molecule has 26 heavy (non-hydrogen) atoms. The molecule has 1 atom stereocenters. The van der Waals surface area contributed by atoms with Gasteiger partial charge in [0.1, 0.15) is 0 Å². The fourth-order valence-electron chi connectivity index (χ4n) is 2.51. The number of carbonyl (C=O) groups excluding carboxylic acids is 1. The maximum Gasteiger partial charge on any atom is 0.316 e. The van der Waals surface area contributed by atoms with Crippen molar-refractivity contribution in [3.05, 3.63) is 30.2 Å². The molecule has 9 nitrogen and oxygen atoms in total. The number of aromatic nitrogens is 2. The van der Waals surface area contributed by atoms with E-state index in [0.29, 0.717) is 18.7 Å². The molecule has 3 rings (SSSR count). The van der Waals surface area contributed by atoms with E-state index >= 15 is 0 Å². The Morgan fingerprint density at radius 1 is 1.31 bits per heavy atom. The predicted octanol–water partition coefficient (Wildman–Crippen LogP) is 0.896. The van der Waals surface area contributed by atoms with Crippen LogP contribution < -0.4 is 5.32 Å². The monoisotopic (exact) mass is 380 g/mol. The first-order valence-electron chi connectivity index (χ1n) is 8.14. The number of nitrogens with one attached hydrogen (secondary N) is 1. The topological polar surface area (TPSA) is 115 Å². The van der Waals surface area contributed by atoms with Gasteiger partial charge in [-0.05, 0) is 37.1 Å². The summed E-state index contributed by atoms with van der Waals surface area (Å²) >= 11 is 0. The predicted molar refractivity (Wildman–Crippen MR) is 91.9 cm³/mol. The van der Waals surface area contributed by atoms with Crippen molar-refractivity contribution in [2.24, 2.45) is 0 Å². The Hall–Kier alpha value is -2.30. The molecule has 1 saturated heterocycles. The molecule has 140 valence electrons. The van der Waals surface area contributed by atoms with Gasteiger partial charge in [-0.15, -0.1) is 0 Å². The zero-order chi connectivity index (χ0) is 18.7. The number of hydrogen-bond donors (Lipinski definition) is 1. The van der Waals surface area contributed by atoms with E-state index in [0.717, 1.165) is 17.1 Å². The fourth-order valence-corrected chi connectivity index (χ4v) is 3.41. The van der Waals surface area contributed by atoms with Crippen LogP contribution in [0, 0.1) is 0 Å². The molecule has 2 aromatic rings. The second-order valence-electron chi connectivity index (χ2n) is 6.08. The van der Waals surface area contributed by atoms with Gasteiger partial charge in [-0.3, -0.25) is 4.79 Å². The summed E-state index contributed by atoms with van der Waals surface area (Å²) in [6.07, 6.45) is 1.93. The van der Waals surface area contributed by atoms with Crippen molar-refractivity contribution in [1.82, 2.24) is 19.8 Å². The summed E-state index contributed by atoms with van der Waals surface area (Å²) in [7, 11) is -0.582. The van der Waals surface area contributed by atoms with Gasteiger partial charge in [-0.1, -0.05) is 5.16 Å². The van der Waals surface area contributed by atoms with E-state index in [1.54, 1.807) is 12.1 Å². The average molecular weight is 380 g/mol. The molecule has 1 aromatic heterocycles. The van der Waals surface area contributed by atoms with Crippen LogP contribution in [0.15, 0.2) is 33.7 Å². The molecule has 0 saturated carbocycles. The van der Waals surface area contributed by atoms with Crippen LogP contribution in [0.3, 0.4) is 0 Å². The van der Waals surface area contributed by atoms with Gasteiger partial charge in [0.2, 0.25) is 15.8 Å². The van der Waals surface area contributed by atoms with Crippen LogP contribution in [0.2, 0.25) is 0 Å².